The summed E-state index contributed by atoms with van der Waals surface area (Å²) in [7, 11) is 0. The van der Waals surface area contributed by atoms with Crippen LogP contribution < -0.4 is 4.74 Å². The summed E-state index contributed by atoms with van der Waals surface area (Å²) < 4.78 is 17.6. The van der Waals surface area contributed by atoms with Crippen molar-refractivity contribution >= 4 is 28.4 Å². The zero-order valence-electron chi connectivity index (χ0n) is 20.0. The fourth-order valence-corrected chi connectivity index (χ4v) is 5.37. The van der Waals surface area contributed by atoms with Gasteiger partial charge in [-0.25, -0.2) is 0 Å². The fourth-order valence-electron chi connectivity index (χ4n) is 5.37. The SMILES string of the molecule is O=C1CCC(N2Cc3c(OCc4cc5ccc(CN6CCOCC6)cc5o4)cccc3C2=O)C(=O)C1. The summed E-state index contributed by atoms with van der Waals surface area (Å²) in [5.41, 5.74) is 3.35. The lowest BCUT2D eigenvalue weighted by Gasteiger charge is -2.29. The number of fused-ring (bicyclic) bond motifs is 2. The number of nitrogens with zero attached hydrogens (tertiary/aromatic N) is 2. The van der Waals surface area contributed by atoms with Gasteiger partial charge in [0.15, 0.2) is 5.78 Å². The molecule has 1 aromatic heterocycles. The molecule has 3 aliphatic rings. The Morgan fingerprint density at radius 1 is 1.03 bits per heavy atom. The normalized spacial score (nSPS) is 20.8. The molecule has 186 valence electrons. The lowest BCUT2D eigenvalue weighted by Crippen LogP contribution is -2.44. The maximum absolute atomic E-state index is 13.0. The molecular weight excluding hydrogens is 460 g/mol. The van der Waals surface area contributed by atoms with Crippen molar-refractivity contribution in [1.29, 1.82) is 0 Å². The Balaban J connectivity index is 1.15. The number of ketones is 2. The molecule has 1 atom stereocenters. The van der Waals surface area contributed by atoms with E-state index < -0.39 is 6.04 Å². The van der Waals surface area contributed by atoms with Crippen LogP contribution in [0.5, 0.6) is 5.75 Å². The molecule has 2 aromatic carbocycles. The Bertz CT molecular complexity index is 1340. The van der Waals surface area contributed by atoms with Gasteiger partial charge in [-0.3, -0.25) is 19.3 Å². The molecule has 8 nitrogen and oxygen atoms in total. The summed E-state index contributed by atoms with van der Waals surface area (Å²) in [4.78, 5) is 41.1. The van der Waals surface area contributed by atoms with Crippen molar-refractivity contribution in [2.24, 2.45) is 0 Å². The molecule has 0 bridgehead atoms. The highest BCUT2D eigenvalue weighted by Gasteiger charge is 2.40. The van der Waals surface area contributed by atoms with Gasteiger partial charge in [0.1, 0.15) is 29.5 Å². The van der Waals surface area contributed by atoms with Gasteiger partial charge in [-0.1, -0.05) is 18.2 Å². The topological polar surface area (TPSA) is 89.3 Å². The molecule has 6 rings (SSSR count). The quantitative estimate of drug-likeness (QED) is 0.491. The fraction of sp³-hybridized carbons (Fsp3) is 0.393. The minimum atomic E-state index is -0.544. The van der Waals surface area contributed by atoms with E-state index in [4.69, 9.17) is 13.9 Å². The van der Waals surface area contributed by atoms with Gasteiger partial charge in [0.2, 0.25) is 0 Å². The first-order valence-electron chi connectivity index (χ1n) is 12.5. The number of carbonyl (C=O) groups excluding carboxylic acids is 3. The molecule has 0 N–H and O–H groups in total. The lowest BCUT2D eigenvalue weighted by atomic mass is 9.92. The van der Waals surface area contributed by atoms with Crippen molar-refractivity contribution in [3.8, 4) is 5.75 Å². The zero-order valence-corrected chi connectivity index (χ0v) is 20.0. The van der Waals surface area contributed by atoms with E-state index in [2.05, 4.69) is 23.1 Å². The van der Waals surface area contributed by atoms with Gasteiger partial charge in [-0.05, 0) is 36.2 Å². The molecule has 0 spiro atoms. The Labute approximate surface area is 208 Å². The molecule has 1 aliphatic carbocycles. The van der Waals surface area contributed by atoms with E-state index in [0.29, 0.717) is 36.5 Å². The molecule has 1 saturated carbocycles. The number of rotatable bonds is 6. The van der Waals surface area contributed by atoms with Crippen molar-refractivity contribution in [3.05, 3.63) is 64.9 Å². The van der Waals surface area contributed by atoms with Gasteiger partial charge in [0.25, 0.3) is 5.91 Å². The number of hydrogen-bond donors (Lipinski definition) is 0. The van der Waals surface area contributed by atoms with E-state index >= 15 is 0 Å². The number of carbonyl (C=O) groups is 3. The van der Waals surface area contributed by atoms with Gasteiger partial charge >= 0.3 is 0 Å². The molecule has 3 aromatic rings. The van der Waals surface area contributed by atoms with E-state index in [1.807, 2.05) is 12.1 Å². The molecule has 2 fully saturated rings. The molecule has 2 aliphatic heterocycles. The number of ether oxygens (including phenoxy) is 2. The van der Waals surface area contributed by atoms with Crippen LogP contribution in [0.25, 0.3) is 11.0 Å². The summed E-state index contributed by atoms with van der Waals surface area (Å²) in [6.45, 7) is 4.81. The number of furan rings is 1. The smallest absolute Gasteiger partial charge is 0.255 e. The van der Waals surface area contributed by atoms with Gasteiger partial charge in [-0.2, -0.15) is 0 Å². The molecule has 8 heteroatoms. The first kappa shape index (κ1) is 22.9. The second-order valence-electron chi connectivity index (χ2n) is 9.71. The Morgan fingerprint density at radius 2 is 1.89 bits per heavy atom. The summed E-state index contributed by atoms with van der Waals surface area (Å²) in [6, 6.07) is 13.1. The van der Waals surface area contributed by atoms with Crippen LogP contribution in [-0.4, -0.2) is 59.6 Å². The lowest BCUT2D eigenvalue weighted by molar-refractivity contribution is -0.133. The highest BCUT2D eigenvalue weighted by Crippen LogP contribution is 2.35. The van der Waals surface area contributed by atoms with E-state index in [9.17, 15) is 14.4 Å². The van der Waals surface area contributed by atoms with Crippen LogP contribution >= 0.6 is 0 Å². The number of amides is 1. The maximum atomic E-state index is 13.0. The number of hydrogen-bond acceptors (Lipinski definition) is 7. The Kier molecular flexibility index (Phi) is 6.07. The minimum Gasteiger partial charge on any atom is -0.485 e. The molecule has 0 radical (unpaired) electrons. The highest BCUT2D eigenvalue weighted by atomic mass is 16.5. The number of morpholine rings is 1. The van der Waals surface area contributed by atoms with Gasteiger partial charge in [0.05, 0.1) is 32.2 Å². The van der Waals surface area contributed by atoms with Crippen LogP contribution in [0.1, 0.15) is 46.5 Å². The van der Waals surface area contributed by atoms with Crippen molar-refractivity contribution < 1.29 is 28.3 Å². The molecule has 36 heavy (non-hydrogen) atoms. The molecule has 3 heterocycles. The Morgan fingerprint density at radius 3 is 2.72 bits per heavy atom. The van der Waals surface area contributed by atoms with Gasteiger partial charge < -0.3 is 18.8 Å². The molecule has 1 unspecified atom stereocenters. The average Bonchev–Trinajstić information content (AvgIpc) is 3.44. The minimum absolute atomic E-state index is 0.0523. The van der Waals surface area contributed by atoms with Crippen LogP contribution in [0.15, 0.2) is 46.9 Å². The molecular formula is C28H28N2O6. The standard InChI is InChI=1S/C28H28N2O6/c31-20-6-7-24(25(32)14-20)30-16-23-22(28(30)33)2-1-3-26(23)35-17-21-13-19-5-4-18(12-27(19)36-21)15-29-8-10-34-11-9-29/h1-5,12-13,24H,6-11,14-17H2. The summed E-state index contributed by atoms with van der Waals surface area (Å²) in [5.74, 6) is 0.901. The monoisotopic (exact) mass is 488 g/mol. The van der Waals surface area contributed by atoms with Crippen LogP contribution in [0.3, 0.4) is 0 Å². The van der Waals surface area contributed by atoms with Gasteiger partial charge in [-0.15, -0.1) is 0 Å². The Hall–Kier alpha value is -3.49. The summed E-state index contributed by atoms with van der Waals surface area (Å²) in [5, 5.41) is 1.02. The largest absolute Gasteiger partial charge is 0.485 e. The first-order valence-corrected chi connectivity index (χ1v) is 12.5. The number of benzene rings is 2. The van der Waals surface area contributed by atoms with E-state index in [1.165, 1.54) is 5.56 Å². The van der Waals surface area contributed by atoms with E-state index in [0.717, 1.165) is 49.4 Å². The predicted molar refractivity (Wildman–Crippen MR) is 131 cm³/mol. The van der Waals surface area contributed by atoms with Crippen molar-refractivity contribution in [2.75, 3.05) is 26.3 Å². The number of Topliss-reactive ketones (excluding diaryl/α,β-unsaturated/α-hetero) is 2. The summed E-state index contributed by atoms with van der Waals surface area (Å²) >= 11 is 0. The third-order valence-corrected chi connectivity index (χ3v) is 7.28. The van der Waals surface area contributed by atoms with Crippen LogP contribution in [0.2, 0.25) is 0 Å². The predicted octanol–water partition coefficient (Wildman–Crippen LogP) is 3.49. The maximum Gasteiger partial charge on any atom is 0.255 e. The van der Waals surface area contributed by atoms with Crippen molar-refractivity contribution in [3.63, 3.8) is 0 Å². The van der Waals surface area contributed by atoms with Crippen LogP contribution in [0, 0.1) is 0 Å². The van der Waals surface area contributed by atoms with Crippen molar-refractivity contribution in [1.82, 2.24) is 9.80 Å². The first-order chi connectivity index (χ1) is 17.5. The molecule has 1 saturated heterocycles. The average molecular weight is 489 g/mol. The van der Waals surface area contributed by atoms with Gasteiger partial charge in [0, 0.05) is 42.6 Å². The van der Waals surface area contributed by atoms with Crippen LogP contribution in [0.4, 0.5) is 0 Å². The summed E-state index contributed by atoms with van der Waals surface area (Å²) in [6.07, 6.45) is 0.633. The van der Waals surface area contributed by atoms with Crippen LogP contribution in [-0.2, 0) is 34.0 Å². The highest BCUT2D eigenvalue weighted by molar-refractivity contribution is 6.07. The third-order valence-electron chi connectivity index (χ3n) is 7.28. The third kappa shape index (κ3) is 4.42. The molecule has 1 amide bonds. The zero-order chi connectivity index (χ0) is 24.6. The van der Waals surface area contributed by atoms with Crippen molar-refractivity contribution in [2.45, 2.75) is 45.0 Å². The van der Waals surface area contributed by atoms with E-state index in [-0.39, 0.29) is 30.5 Å². The van der Waals surface area contributed by atoms with E-state index in [1.54, 1.807) is 17.0 Å². The second kappa shape index (κ2) is 9.52. The second-order valence-corrected chi connectivity index (χ2v) is 9.71.